The van der Waals surface area contributed by atoms with E-state index >= 15 is 0 Å². The zero-order chi connectivity index (χ0) is 26.9. The summed E-state index contributed by atoms with van der Waals surface area (Å²) in [7, 11) is -5.00. The highest BCUT2D eigenvalue weighted by Gasteiger charge is 2.49. The minimum Gasteiger partial charge on any atom is -0.480 e. The maximum atomic E-state index is 12.5. The van der Waals surface area contributed by atoms with Crippen molar-refractivity contribution in [2.24, 2.45) is 0 Å². The first-order chi connectivity index (χ1) is 16.1. The molecule has 1 rings (SSSR count). The molecule has 1 unspecified atom stereocenters. The van der Waals surface area contributed by atoms with E-state index in [9.17, 15) is 46.8 Å². The van der Waals surface area contributed by atoms with Crippen LogP contribution in [0, 0.1) is 0 Å². The summed E-state index contributed by atoms with van der Waals surface area (Å²) in [6, 6.07) is 0. The van der Waals surface area contributed by atoms with Crippen molar-refractivity contribution in [3.05, 3.63) is 0 Å². The van der Waals surface area contributed by atoms with E-state index in [-0.39, 0.29) is 5.01 Å². The predicted molar refractivity (Wildman–Crippen MR) is 113 cm³/mol. The lowest BCUT2D eigenvalue weighted by atomic mass is 10.4. The van der Waals surface area contributed by atoms with Crippen molar-refractivity contribution in [2.45, 2.75) is 18.6 Å². The Bertz CT molecular complexity index is 1040. The summed E-state index contributed by atoms with van der Waals surface area (Å²) in [5.41, 5.74) is 0. The molecule has 0 radical (unpaired) electrons. The van der Waals surface area contributed by atoms with Gasteiger partial charge in [-0.3, -0.25) is 42.9 Å². The van der Waals surface area contributed by atoms with Crippen LogP contribution >= 0.6 is 11.8 Å². The molecule has 194 valence electrons. The van der Waals surface area contributed by atoms with Crippen molar-refractivity contribution >= 4 is 68.4 Å². The van der Waals surface area contributed by atoms with Crippen LogP contribution in [-0.2, 0) is 48.5 Å². The number of rotatable bonds is 12. The number of thioether (sulfide) groups is 1. The average molecular weight is 540 g/mol. The van der Waals surface area contributed by atoms with Gasteiger partial charge in [0.05, 0.1) is 25.3 Å². The molecule has 0 aromatic rings. The van der Waals surface area contributed by atoms with Crippen LogP contribution in [-0.4, -0.2) is 112 Å². The molecule has 1 atom stereocenters. The maximum absolute atomic E-state index is 12.5. The molecule has 17 nitrogen and oxygen atoms in total. The SMILES string of the molecule is CC(=O)SCC(=O)N(CC(=O)NCC(=O)NCC(=O)NCC(=O)O)N1C(=O)CC(S(=O)(=O)O)C1=O. The molecule has 1 aliphatic rings. The van der Waals surface area contributed by atoms with Crippen LogP contribution in [0.3, 0.4) is 0 Å². The molecule has 6 amide bonds. The van der Waals surface area contributed by atoms with E-state index < -0.39 is 100 Å². The molecule has 19 heteroatoms. The number of carboxylic acids is 1. The van der Waals surface area contributed by atoms with Gasteiger partial charge in [0.15, 0.2) is 10.4 Å². The van der Waals surface area contributed by atoms with Gasteiger partial charge in [-0.05, 0) is 0 Å². The normalized spacial score (nSPS) is 15.4. The lowest BCUT2D eigenvalue weighted by Gasteiger charge is -2.29. The van der Waals surface area contributed by atoms with Gasteiger partial charge in [-0.1, -0.05) is 11.8 Å². The third-order valence-electron chi connectivity index (χ3n) is 3.99. The van der Waals surface area contributed by atoms with Crippen LogP contribution < -0.4 is 16.0 Å². The number of aliphatic carboxylic acids is 1. The van der Waals surface area contributed by atoms with E-state index in [4.69, 9.17) is 9.66 Å². The lowest BCUT2D eigenvalue weighted by Crippen LogP contribution is -2.55. The van der Waals surface area contributed by atoms with Gasteiger partial charge >= 0.3 is 5.97 Å². The Kier molecular flexibility index (Phi) is 10.7. The molecule has 0 spiro atoms. The van der Waals surface area contributed by atoms with Gasteiger partial charge in [-0.15, -0.1) is 0 Å². The highest BCUT2D eigenvalue weighted by Crippen LogP contribution is 2.22. The summed E-state index contributed by atoms with van der Waals surface area (Å²) in [5, 5.41) is 12.2. The summed E-state index contributed by atoms with van der Waals surface area (Å²) >= 11 is 0.478. The summed E-state index contributed by atoms with van der Waals surface area (Å²) < 4.78 is 31.8. The fourth-order valence-corrected chi connectivity index (χ4v) is 3.62. The number of carboxylic acid groups (broad SMARTS) is 1. The summed E-state index contributed by atoms with van der Waals surface area (Å²) in [5.74, 6) is -8.55. The summed E-state index contributed by atoms with van der Waals surface area (Å²) in [6.45, 7) is -1.94. The largest absolute Gasteiger partial charge is 0.480 e. The van der Waals surface area contributed by atoms with Crippen molar-refractivity contribution in [1.29, 1.82) is 0 Å². The smallest absolute Gasteiger partial charge is 0.322 e. The van der Waals surface area contributed by atoms with Crippen molar-refractivity contribution in [1.82, 2.24) is 26.0 Å². The molecule has 1 saturated heterocycles. The van der Waals surface area contributed by atoms with E-state index in [0.29, 0.717) is 16.8 Å². The van der Waals surface area contributed by atoms with Crippen molar-refractivity contribution in [3.8, 4) is 0 Å². The molecule has 35 heavy (non-hydrogen) atoms. The Balaban J connectivity index is 2.82. The molecule has 1 fully saturated rings. The minimum atomic E-state index is -5.00. The van der Waals surface area contributed by atoms with E-state index in [0.717, 1.165) is 6.92 Å². The third-order valence-corrected chi connectivity index (χ3v) is 5.88. The zero-order valence-corrected chi connectivity index (χ0v) is 19.6. The Morgan fingerprint density at radius 2 is 1.51 bits per heavy atom. The standard InChI is InChI=1S/C16H21N5O12S2/c1-8(22)34-7-14(27)20(21-13(26)2-9(16(21)30)35(31,32)33)6-12(25)18-4-10(23)17-3-11(24)19-5-15(28)29/h9H,2-7H2,1H3,(H,17,23)(H,18,25)(H,19,24)(H,28,29)(H,31,32,33). The van der Waals surface area contributed by atoms with Gasteiger partial charge in [0.25, 0.3) is 21.9 Å². The minimum absolute atomic E-state index is 0.0773. The van der Waals surface area contributed by atoms with Gasteiger partial charge < -0.3 is 21.1 Å². The van der Waals surface area contributed by atoms with Crippen molar-refractivity contribution in [3.63, 3.8) is 0 Å². The molecule has 1 heterocycles. The van der Waals surface area contributed by atoms with Gasteiger partial charge in [0, 0.05) is 6.92 Å². The fraction of sp³-hybridized carbons (Fsp3) is 0.500. The topological polar surface area (TPSA) is 254 Å². The molecule has 0 bridgehead atoms. The average Bonchev–Trinajstić information content (AvgIpc) is 3.05. The van der Waals surface area contributed by atoms with Crippen molar-refractivity contribution < 1.29 is 56.4 Å². The molecule has 0 saturated carbocycles. The Morgan fingerprint density at radius 3 is 1.97 bits per heavy atom. The molecule has 0 aromatic heterocycles. The van der Waals surface area contributed by atoms with Crippen LogP contribution in [0.15, 0.2) is 0 Å². The number of hydrogen-bond donors (Lipinski definition) is 5. The molecule has 0 aliphatic carbocycles. The Morgan fingerprint density at radius 1 is 1.00 bits per heavy atom. The Hall–Kier alpha value is -3.58. The van der Waals surface area contributed by atoms with Crippen LogP contribution in [0.2, 0.25) is 0 Å². The van der Waals surface area contributed by atoms with Gasteiger partial charge in [-0.25, -0.2) is 5.01 Å². The van der Waals surface area contributed by atoms with E-state index in [2.05, 4.69) is 5.32 Å². The van der Waals surface area contributed by atoms with Crippen LogP contribution in [0.25, 0.3) is 0 Å². The second-order valence-electron chi connectivity index (χ2n) is 6.71. The molecule has 5 N–H and O–H groups in total. The number of hydrogen-bond acceptors (Lipinski definition) is 11. The molecule has 1 aliphatic heterocycles. The second kappa shape index (κ2) is 12.8. The van der Waals surface area contributed by atoms with Crippen LogP contribution in [0.5, 0.6) is 0 Å². The zero-order valence-electron chi connectivity index (χ0n) is 18.0. The number of nitrogens with one attached hydrogen (secondary N) is 3. The maximum Gasteiger partial charge on any atom is 0.322 e. The monoisotopic (exact) mass is 539 g/mol. The summed E-state index contributed by atoms with van der Waals surface area (Å²) in [6.07, 6.45) is -0.991. The molecule has 0 aromatic carbocycles. The fourth-order valence-electron chi connectivity index (χ4n) is 2.44. The number of carbonyl (C=O) groups is 8. The number of nitrogens with zero attached hydrogens (tertiary/aromatic N) is 2. The number of carbonyl (C=O) groups excluding carboxylic acids is 7. The van der Waals surface area contributed by atoms with E-state index in [1.165, 1.54) is 0 Å². The third kappa shape index (κ3) is 9.66. The number of imide groups is 1. The quantitative estimate of drug-likeness (QED) is 0.116. The number of amides is 6. The first-order valence-corrected chi connectivity index (χ1v) is 11.9. The first kappa shape index (κ1) is 29.5. The van der Waals surface area contributed by atoms with E-state index in [1.54, 1.807) is 0 Å². The highest BCUT2D eigenvalue weighted by molar-refractivity contribution is 8.14. The van der Waals surface area contributed by atoms with Crippen molar-refractivity contribution in [2.75, 3.05) is 31.9 Å². The predicted octanol–water partition coefficient (Wildman–Crippen LogP) is -4.54. The molecular formula is C16H21N5O12S2. The molecular weight excluding hydrogens is 518 g/mol. The Labute approximate surface area is 201 Å². The second-order valence-corrected chi connectivity index (χ2v) is 9.46. The van der Waals surface area contributed by atoms with Gasteiger partial charge in [0.2, 0.25) is 23.6 Å². The first-order valence-electron chi connectivity index (χ1n) is 9.42. The summed E-state index contributed by atoms with van der Waals surface area (Å²) in [4.78, 5) is 93.9. The van der Waals surface area contributed by atoms with Crippen LogP contribution in [0.1, 0.15) is 13.3 Å². The lowest BCUT2D eigenvalue weighted by molar-refractivity contribution is -0.168. The number of hydrazine groups is 1. The van der Waals surface area contributed by atoms with E-state index in [1.807, 2.05) is 10.6 Å². The van der Waals surface area contributed by atoms with Gasteiger partial charge in [0.1, 0.15) is 13.1 Å². The van der Waals surface area contributed by atoms with Crippen LogP contribution in [0.4, 0.5) is 0 Å². The van der Waals surface area contributed by atoms with Gasteiger partial charge in [-0.2, -0.15) is 13.4 Å². The highest BCUT2D eigenvalue weighted by atomic mass is 32.2.